The molecular weight excluding hydrogens is 615 g/mol. The molecule has 46 heavy (non-hydrogen) atoms. The van der Waals surface area contributed by atoms with Gasteiger partial charge in [0.2, 0.25) is 24.3 Å². The number of hydrogen-bond donors (Lipinski definition) is 1. The number of alkyl halides is 3. The van der Waals surface area contributed by atoms with E-state index in [0.717, 1.165) is 13.3 Å². The summed E-state index contributed by atoms with van der Waals surface area (Å²) in [5.41, 5.74) is -1.41. The van der Waals surface area contributed by atoms with E-state index in [1.165, 1.54) is 16.9 Å². The van der Waals surface area contributed by atoms with E-state index in [1.54, 1.807) is 20.8 Å². The molecule has 1 N–H and O–H groups in total. The van der Waals surface area contributed by atoms with Crippen LogP contribution in [0.1, 0.15) is 47.5 Å². The average molecular weight is 657 g/mol. The molecule has 254 valence electrons. The molecule has 3 rings (SSSR count). The van der Waals surface area contributed by atoms with E-state index in [0.29, 0.717) is 6.42 Å². The average Bonchev–Trinajstić information content (AvgIpc) is 3.26. The predicted molar refractivity (Wildman–Crippen MR) is 152 cm³/mol. The van der Waals surface area contributed by atoms with Gasteiger partial charge in [-0.05, 0) is 35.5 Å². The maximum absolute atomic E-state index is 14.1. The summed E-state index contributed by atoms with van der Waals surface area (Å²) >= 11 is 0. The Labute approximate surface area is 265 Å². The minimum Gasteiger partial charge on any atom is -0.468 e. The van der Waals surface area contributed by atoms with Crippen LogP contribution in [0.3, 0.4) is 0 Å². The van der Waals surface area contributed by atoms with Gasteiger partial charge in [-0.2, -0.15) is 23.0 Å². The summed E-state index contributed by atoms with van der Waals surface area (Å²) in [6.45, 7) is 7.64. The Hall–Kier alpha value is -4.03. The Morgan fingerprint density at radius 1 is 1.13 bits per heavy atom. The normalized spacial score (nSPS) is 25.2. The van der Waals surface area contributed by atoms with E-state index < -0.39 is 71.7 Å². The second-order valence-corrected chi connectivity index (χ2v) is 13.6. The lowest BCUT2D eigenvalue weighted by Gasteiger charge is -2.35. The fourth-order valence-electron chi connectivity index (χ4n) is 6.47. The van der Waals surface area contributed by atoms with Crippen LogP contribution in [0.5, 0.6) is 0 Å². The number of hydrogen-bond acceptors (Lipinski definition) is 9. The zero-order valence-electron chi connectivity index (χ0n) is 27.0. The third kappa shape index (κ3) is 7.67. The Bertz CT molecular complexity index is 1350. The molecule has 4 amide bonds. The molecule has 3 aliphatic rings. The first kappa shape index (κ1) is 36.4. The minimum atomic E-state index is -5.35. The van der Waals surface area contributed by atoms with Gasteiger partial charge in [-0.3, -0.25) is 19.2 Å². The van der Waals surface area contributed by atoms with E-state index >= 15 is 0 Å². The van der Waals surface area contributed by atoms with Crippen molar-refractivity contribution >= 4 is 41.8 Å². The van der Waals surface area contributed by atoms with Gasteiger partial charge in [0.05, 0.1) is 20.3 Å². The maximum atomic E-state index is 14.1. The van der Waals surface area contributed by atoms with E-state index in [9.17, 15) is 47.2 Å². The van der Waals surface area contributed by atoms with Gasteiger partial charge in [0.25, 0.3) is 0 Å². The SMILES string of the molecule is COC(=O)CN1CC[C@@H](C[C@@H](C#N)NC(=O)[C@@H]2C3[C@H](CN2C(=O)C(/C=[N+](/CC(=O)OC)C(=O)C(F)(F)F)C(C)(C)C)C3(C)C)C1=O. The predicted octanol–water partition coefficient (Wildman–Crippen LogP) is 0.897. The van der Waals surface area contributed by atoms with Gasteiger partial charge in [0, 0.05) is 19.0 Å². The number of piperidine rings is 1. The molecule has 0 radical (unpaired) electrons. The van der Waals surface area contributed by atoms with Gasteiger partial charge in [0.15, 0.2) is 6.21 Å². The summed E-state index contributed by atoms with van der Waals surface area (Å²) in [6, 6.07) is -0.200. The van der Waals surface area contributed by atoms with E-state index in [1.807, 2.05) is 19.9 Å². The van der Waals surface area contributed by atoms with Crippen molar-refractivity contribution in [3.05, 3.63) is 0 Å². The molecule has 1 saturated carbocycles. The number of esters is 2. The summed E-state index contributed by atoms with van der Waals surface area (Å²) in [4.78, 5) is 79.0. The molecule has 2 aliphatic heterocycles. The van der Waals surface area contributed by atoms with Crippen molar-refractivity contribution in [3.63, 3.8) is 0 Å². The number of nitriles is 1. The molecule has 2 heterocycles. The first-order chi connectivity index (χ1) is 21.2. The monoisotopic (exact) mass is 656 g/mol. The van der Waals surface area contributed by atoms with Gasteiger partial charge in [0.1, 0.15) is 24.5 Å². The number of methoxy groups -OCH3 is 2. The highest BCUT2D eigenvalue weighted by atomic mass is 19.4. The summed E-state index contributed by atoms with van der Waals surface area (Å²) in [5, 5.41) is 12.5. The summed E-state index contributed by atoms with van der Waals surface area (Å²) in [6.07, 6.45) is -4.25. The van der Waals surface area contributed by atoms with Gasteiger partial charge >= 0.3 is 24.0 Å². The number of amides is 4. The standard InChI is InChI=1S/C30H40F3N5O8/c1-28(2,3)19(12-37(15-21(40)46-7)27(44)30(31,32)33)26(43)38-13-18-22(29(18,4)5)23(38)24(41)35-17(11-34)10-16-8-9-36(25(16)42)14-20(39)45-6/h12,16-19,22-23H,8-10,13-15H2,1-7H3/p+1/b37-12-/t16-,17-,18-,19?,22?,23-/m0/s1. The molecular formula is C30H41F3N5O8+. The first-order valence-corrected chi connectivity index (χ1v) is 14.8. The van der Waals surface area contributed by atoms with Gasteiger partial charge < -0.3 is 24.6 Å². The number of halogens is 3. The lowest BCUT2D eigenvalue weighted by Crippen LogP contribution is -2.55. The van der Waals surface area contributed by atoms with Crippen LogP contribution in [0.4, 0.5) is 13.2 Å². The number of nitrogens with zero attached hydrogens (tertiary/aromatic N) is 4. The molecule has 0 aromatic heterocycles. The lowest BCUT2D eigenvalue weighted by molar-refractivity contribution is -0.459. The van der Waals surface area contributed by atoms with E-state index in [-0.39, 0.29) is 53.8 Å². The fourth-order valence-corrected chi connectivity index (χ4v) is 6.47. The van der Waals surface area contributed by atoms with Crippen molar-refractivity contribution in [2.45, 2.75) is 65.7 Å². The highest BCUT2D eigenvalue weighted by Crippen LogP contribution is 2.65. The van der Waals surface area contributed by atoms with Crippen molar-refractivity contribution in [2.24, 2.45) is 34.5 Å². The Balaban J connectivity index is 1.87. The number of rotatable bonds is 10. The van der Waals surface area contributed by atoms with Crippen LogP contribution in [-0.4, -0.2) is 115 Å². The number of likely N-dealkylation sites (tertiary alicyclic amines) is 2. The summed E-state index contributed by atoms with van der Waals surface area (Å²) in [7, 11) is 2.15. The zero-order chi connectivity index (χ0) is 34.9. The molecule has 13 nitrogen and oxygen atoms in total. The molecule has 3 fully saturated rings. The smallest absolute Gasteiger partial charge is 0.468 e. The van der Waals surface area contributed by atoms with Crippen molar-refractivity contribution in [1.29, 1.82) is 5.26 Å². The summed E-state index contributed by atoms with van der Waals surface area (Å²) < 4.78 is 49.5. The van der Waals surface area contributed by atoms with E-state index in [4.69, 9.17) is 0 Å². The van der Waals surface area contributed by atoms with E-state index in [2.05, 4.69) is 14.8 Å². The largest absolute Gasteiger partial charge is 0.521 e. The minimum absolute atomic E-state index is 0.0304. The molecule has 0 bridgehead atoms. The highest BCUT2D eigenvalue weighted by Gasteiger charge is 2.70. The molecule has 1 aliphatic carbocycles. The molecule has 6 atom stereocenters. The van der Waals surface area contributed by atoms with Crippen LogP contribution in [0.25, 0.3) is 0 Å². The molecule has 2 unspecified atom stereocenters. The number of ether oxygens (including phenoxy) is 2. The molecule has 0 aromatic carbocycles. The second-order valence-electron chi connectivity index (χ2n) is 13.6. The van der Waals surface area contributed by atoms with Crippen molar-refractivity contribution < 1.29 is 56.0 Å². The fraction of sp³-hybridized carbons (Fsp3) is 0.733. The lowest BCUT2D eigenvalue weighted by atomic mass is 9.80. The summed E-state index contributed by atoms with van der Waals surface area (Å²) in [5.74, 6) is -8.24. The van der Waals surface area contributed by atoms with Crippen LogP contribution in [0.2, 0.25) is 0 Å². The maximum Gasteiger partial charge on any atom is 0.521 e. The van der Waals surface area contributed by atoms with Crippen molar-refractivity contribution in [3.8, 4) is 6.07 Å². The Morgan fingerprint density at radius 3 is 2.26 bits per heavy atom. The van der Waals surface area contributed by atoms with Crippen LogP contribution in [0, 0.1) is 45.8 Å². The number of carbonyl (C=O) groups excluding carboxylic acids is 6. The van der Waals surface area contributed by atoms with Crippen molar-refractivity contribution in [2.75, 3.05) is 40.4 Å². The number of nitrogens with one attached hydrogen (secondary N) is 1. The van der Waals surface area contributed by atoms with Crippen LogP contribution >= 0.6 is 0 Å². The van der Waals surface area contributed by atoms with Gasteiger partial charge in [-0.25, -0.2) is 9.59 Å². The first-order valence-electron chi connectivity index (χ1n) is 14.8. The number of carbonyl (C=O) groups is 6. The van der Waals surface area contributed by atoms with Crippen molar-refractivity contribution in [1.82, 2.24) is 15.1 Å². The quantitative estimate of drug-likeness (QED) is 0.204. The molecule has 16 heteroatoms. The molecule has 0 spiro atoms. The topological polar surface area (TPSA) is 166 Å². The third-order valence-electron chi connectivity index (χ3n) is 9.27. The third-order valence-corrected chi connectivity index (χ3v) is 9.27. The Kier molecular flexibility index (Phi) is 10.6. The number of fused-ring (bicyclic) bond motifs is 1. The second kappa shape index (κ2) is 13.4. The van der Waals surface area contributed by atoms with Crippen LogP contribution in [-0.2, 0) is 38.2 Å². The molecule has 0 aromatic rings. The Morgan fingerprint density at radius 2 is 1.74 bits per heavy atom. The zero-order valence-corrected chi connectivity index (χ0v) is 27.0. The van der Waals surface area contributed by atoms with Gasteiger partial charge in [-0.1, -0.05) is 34.6 Å². The van der Waals surface area contributed by atoms with Crippen LogP contribution in [0.15, 0.2) is 0 Å². The van der Waals surface area contributed by atoms with Gasteiger partial charge in [-0.15, -0.1) is 0 Å². The van der Waals surface area contributed by atoms with Crippen LogP contribution < -0.4 is 5.32 Å². The molecule has 2 saturated heterocycles. The highest BCUT2D eigenvalue weighted by molar-refractivity contribution is 5.98.